The molecule has 0 saturated carbocycles. The normalized spacial score (nSPS) is 10.5. The predicted octanol–water partition coefficient (Wildman–Crippen LogP) is 4.81. The number of carbonyl (C=O) groups is 1. The molecule has 0 saturated heterocycles. The van der Waals surface area contributed by atoms with Crippen LogP contribution >= 0.6 is 11.8 Å². The number of rotatable bonds is 4. The number of nitrogens with zero attached hydrogens (tertiary/aromatic N) is 2. The van der Waals surface area contributed by atoms with Crippen LogP contribution in [0.3, 0.4) is 0 Å². The van der Waals surface area contributed by atoms with Gasteiger partial charge in [0.25, 0.3) is 5.91 Å². The summed E-state index contributed by atoms with van der Waals surface area (Å²) < 4.78 is 0. The molecule has 0 spiro atoms. The van der Waals surface area contributed by atoms with Crippen molar-refractivity contribution in [1.29, 1.82) is 0 Å². The van der Waals surface area contributed by atoms with Crippen LogP contribution in [0, 0.1) is 20.8 Å². The summed E-state index contributed by atoms with van der Waals surface area (Å²) in [5.41, 5.74) is 4.36. The maximum atomic E-state index is 12.7. The Bertz CT molecular complexity index is 887. The topological polar surface area (TPSA) is 54.9 Å². The lowest BCUT2D eigenvalue weighted by Gasteiger charge is -2.10. The highest BCUT2D eigenvalue weighted by atomic mass is 32.2. The minimum absolute atomic E-state index is 0.142. The maximum Gasteiger partial charge on any atom is 0.256 e. The van der Waals surface area contributed by atoms with Gasteiger partial charge in [-0.3, -0.25) is 4.79 Å². The average Bonchev–Trinajstić information content (AvgIpc) is 2.56. The predicted molar refractivity (Wildman–Crippen MR) is 101 cm³/mol. The van der Waals surface area contributed by atoms with Crippen LogP contribution in [-0.2, 0) is 0 Å². The summed E-state index contributed by atoms with van der Waals surface area (Å²) in [6.45, 7) is 5.89. The minimum atomic E-state index is -0.142. The lowest BCUT2D eigenvalue weighted by Crippen LogP contribution is -2.13. The molecule has 1 aromatic heterocycles. The summed E-state index contributed by atoms with van der Waals surface area (Å²) in [4.78, 5) is 22.4. The van der Waals surface area contributed by atoms with Gasteiger partial charge in [0.2, 0.25) is 0 Å². The lowest BCUT2D eigenvalue weighted by atomic mass is 10.2. The molecule has 0 aliphatic heterocycles. The van der Waals surface area contributed by atoms with E-state index < -0.39 is 0 Å². The number of hydrogen-bond acceptors (Lipinski definition) is 4. The highest BCUT2D eigenvalue weighted by Gasteiger charge is 2.13. The smallest absolute Gasteiger partial charge is 0.256 e. The second kappa shape index (κ2) is 7.49. The van der Waals surface area contributed by atoms with Gasteiger partial charge in [0, 0.05) is 22.0 Å². The summed E-state index contributed by atoms with van der Waals surface area (Å²) in [5, 5.41) is 3.59. The van der Waals surface area contributed by atoms with Gasteiger partial charge in [-0.15, -0.1) is 0 Å². The van der Waals surface area contributed by atoms with Crippen LogP contribution in [0.4, 0.5) is 5.69 Å². The van der Waals surface area contributed by atoms with Crippen LogP contribution in [0.1, 0.15) is 27.3 Å². The summed E-state index contributed by atoms with van der Waals surface area (Å²) >= 11 is 1.40. The van der Waals surface area contributed by atoms with Crippen molar-refractivity contribution >= 4 is 23.4 Å². The molecule has 1 N–H and O–H groups in total. The molecular formula is C20H19N3OS. The Morgan fingerprint density at radius 2 is 1.56 bits per heavy atom. The van der Waals surface area contributed by atoms with Crippen molar-refractivity contribution in [2.45, 2.75) is 30.8 Å². The molecule has 0 fully saturated rings. The Kier molecular flexibility index (Phi) is 5.14. The number of aromatic nitrogens is 2. The molecule has 0 bridgehead atoms. The van der Waals surface area contributed by atoms with E-state index in [4.69, 9.17) is 0 Å². The van der Waals surface area contributed by atoms with E-state index >= 15 is 0 Å². The molecule has 1 amide bonds. The van der Waals surface area contributed by atoms with Gasteiger partial charge in [-0.25, -0.2) is 9.97 Å². The van der Waals surface area contributed by atoms with Crippen molar-refractivity contribution in [3.05, 3.63) is 77.1 Å². The number of nitrogens with one attached hydrogen (secondary N) is 1. The molecule has 0 atom stereocenters. The van der Waals surface area contributed by atoms with E-state index in [0.29, 0.717) is 10.7 Å². The number of benzene rings is 2. The third kappa shape index (κ3) is 4.45. The van der Waals surface area contributed by atoms with E-state index in [1.54, 1.807) is 0 Å². The number of aryl methyl sites for hydroxylation is 3. The van der Waals surface area contributed by atoms with E-state index in [0.717, 1.165) is 27.5 Å². The summed E-state index contributed by atoms with van der Waals surface area (Å²) in [6.07, 6.45) is 0. The molecule has 1 heterocycles. The summed E-state index contributed by atoms with van der Waals surface area (Å²) in [5.74, 6) is -0.142. The van der Waals surface area contributed by atoms with Crippen molar-refractivity contribution in [2.24, 2.45) is 0 Å². The second-order valence-corrected chi connectivity index (χ2v) is 6.86. The van der Waals surface area contributed by atoms with Crippen molar-refractivity contribution in [3.63, 3.8) is 0 Å². The van der Waals surface area contributed by atoms with E-state index in [9.17, 15) is 4.79 Å². The molecule has 25 heavy (non-hydrogen) atoms. The zero-order chi connectivity index (χ0) is 17.8. The standard InChI is InChI=1S/C20H19N3OS/c1-13-8-10-16(11-9-13)23-19(24)17-6-4-5-7-18(17)25-20-21-14(2)12-15(3)22-20/h4-12H,1-3H3,(H,23,24). The Morgan fingerprint density at radius 3 is 2.24 bits per heavy atom. The van der Waals surface area contributed by atoms with Gasteiger partial charge in [-0.2, -0.15) is 0 Å². The lowest BCUT2D eigenvalue weighted by molar-refractivity contribution is 0.102. The molecule has 126 valence electrons. The zero-order valence-electron chi connectivity index (χ0n) is 14.4. The van der Waals surface area contributed by atoms with Crippen molar-refractivity contribution in [2.75, 3.05) is 5.32 Å². The maximum absolute atomic E-state index is 12.7. The van der Waals surface area contributed by atoms with E-state index in [1.807, 2.05) is 75.4 Å². The first-order chi connectivity index (χ1) is 12.0. The van der Waals surface area contributed by atoms with Gasteiger partial charge in [-0.05, 0) is 62.9 Å². The first kappa shape index (κ1) is 17.2. The van der Waals surface area contributed by atoms with Gasteiger partial charge < -0.3 is 5.32 Å². The fourth-order valence-electron chi connectivity index (χ4n) is 2.42. The second-order valence-electron chi connectivity index (χ2n) is 5.85. The Hall–Kier alpha value is -2.66. The van der Waals surface area contributed by atoms with Crippen LogP contribution in [0.15, 0.2) is 64.6 Å². The van der Waals surface area contributed by atoms with Gasteiger partial charge in [0.1, 0.15) is 0 Å². The quantitative estimate of drug-likeness (QED) is 0.687. The molecule has 0 radical (unpaired) electrons. The van der Waals surface area contributed by atoms with Gasteiger partial charge >= 0.3 is 0 Å². The van der Waals surface area contributed by atoms with Gasteiger partial charge in [0.15, 0.2) is 5.16 Å². The fraction of sp³-hybridized carbons (Fsp3) is 0.150. The van der Waals surface area contributed by atoms with Crippen LogP contribution in [0.2, 0.25) is 0 Å². The Balaban J connectivity index is 1.84. The SMILES string of the molecule is Cc1ccc(NC(=O)c2ccccc2Sc2nc(C)cc(C)n2)cc1. The fourth-order valence-corrected chi connectivity index (χ4v) is 3.41. The number of amides is 1. The molecule has 0 aliphatic carbocycles. The summed E-state index contributed by atoms with van der Waals surface area (Å²) in [6, 6.07) is 17.2. The minimum Gasteiger partial charge on any atom is -0.322 e. The Morgan fingerprint density at radius 1 is 0.920 bits per heavy atom. The highest BCUT2D eigenvalue weighted by molar-refractivity contribution is 7.99. The molecule has 3 rings (SSSR count). The van der Waals surface area contributed by atoms with Crippen molar-refractivity contribution < 1.29 is 4.79 Å². The average molecular weight is 349 g/mol. The first-order valence-corrected chi connectivity index (χ1v) is 8.80. The number of carbonyl (C=O) groups excluding carboxylic acids is 1. The third-order valence-electron chi connectivity index (χ3n) is 3.60. The highest BCUT2D eigenvalue weighted by Crippen LogP contribution is 2.29. The largest absolute Gasteiger partial charge is 0.322 e. The van der Waals surface area contributed by atoms with Crippen LogP contribution < -0.4 is 5.32 Å². The van der Waals surface area contributed by atoms with Crippen LogP contribution in [-0.4, -0.2) is 15.9 Å². The molecule has 0 aliphatic rings. The van der Waals surface area contributed by atoms with Crippen molar-refractivity contribution in [3.8, 4) is 0 Å². The first-order valence-electron chi connectivity index (χ1n) is 7.98. The third-order valence-corrected chi connectivity index (χ3v) is 4.55. The van der Waals surface area contributed by atoms with Gasteiger partial charge in [-0.1, -0.05) is 29.8 Å². The zero-order valence-corrected chi connectivity index (χ0v) is 15.2. The van der Waals surface area contributed by atoms with E-state index in [2.05, 4.69) is 15.3 Å². The summed E-state index contributed by atoms with van der Waals surface area (Å²) in [7, 11) is 0. The molecular weight excluding hydrogens is 330 g/mol. The molecule has 5 heteroatoms. The number of hydrogen-bond donors (Lipinski definition) is 1. The van der Waals surface area contributed by atoms with E-state index in [1.165, 1.54) is 11.8 Å². The number of anilines is 1. The molecule has 0 unspecified atom stereocenters. The van der Waals surface area contributed by atoms with Crippen LogP contribution in [0.5, 0.6) is 0 Å². The Labute approximate surface area is 151 Å². The molecule has 3 aromatic rings. The monoisotopic (exact) mass is 349 g/mol. The van der Waals surface area contributed by atoms with E-state index in [-0.39, 0.29) is 5.91 Å². The van der Waals surface area contributed by atoms with Gasteiger partial charge in [0.05, 0.1) is 5.56 Å². The molecule has 2 aromatic carbocycles. The molecule has 4 nitrogen and oxygen atoms in total. The van der Waals surface area contributed by atoms with Crippen molar-refractivity contribution in [1.82, 2.24) is 9.97 Å². The van der Waals surface area contributed by atoms with Crippen LogP contribution in [0.25, 0.3) is 0 Å².